The Balaban J connectivity index is 1.69. The topological polar surface area (TPSA) is 72.6 Å². The number of nitrogens with zero attached hydrogens (tertiary/aromatic N) is 1. The summed E-state index contributed by atoms with van der Waals surface area (Å²) in [6.45, 7) is 4.94. The van der Waals surface area contributed by atoms with Crippen LogP contribution in [0.2, 0.25) is 0 Å². The van der Waals surface area contributed by atoms with Crippen LogP contribution in [0, 0.1) is 0 Å². The molecule has 28 heavy (non-hydrogen) atoms. The van der Waals surface area contributed by atoms with Crippen LogP contribution in [0.25, 0.3) is 6.08 Å². The maximum atomic E-state index is 12.8. The van der Waals surface area contributed by atoms with Crippen LogP contribution in [0.5, 0.6) is 5.75 Å². The molecule has 2 amide bonds. The number of ether oxygens (including phenoxy) is 1. The Morgan fingerprint density at radius 3 is 2.61 bits per heavy atom. The molecule has 0 saturated heterocycles. The van der Waals surface area contributed by atoms with Crippen molar-refractivity contribution in [1.29, 1.82) is 0 Å². The zero-order valence-corrected chi connectivity index (χ0v) is 16.4. The van der Waals surface area contributed by atoms with Crippen LogP contribution in [0.3, 0.4) is 0 Å². The number of amides is 2. The van der Waals surface area contributed by atoms with Gasteiger partial charge < -0.3 is 15.4 Å². The molecule has 0 aliphatic carbocycles. The molecule has 5 heteroatoms. The fourth-order valence-electron chi connectivity index (χ4n) is 3.29. The highest BCUT2D eigenvalue weighted by atomic mass is 16.5. The Bertz CT molecular complexity index is 885. The molecule has 0 fully saturated rings. The summed E-state index contributed by atoms with van der Waals surface area (Å²) in [5.41, 5.74) is 9.51. The standard InChI is InChI=1S/C23H26N2O3/c1-16(2)18-8-11-21-19(14-18)4-3-13-25(21)23(27)12-7-17-5-9-20(10-6-17)28-15-22(24)26/h5-12,14,16H,3-4,13,15H2,1-2H3,(H2,24,26)/b12-7+. The van der Waals surface area contributed by atoms with E-state index in [0.29, 0.717) is 11.7 Å². The lowest BCUT2D eigenvalue weighted by Crippen LogP contribution is -2.34. The molecule has 2 aromatic carbocycles. The van der Waals surface area contributed by atoms with Crippen LogP contribution in [0.4, 0.5) is 5.69 Å². The number of aryl methyl sites for hydroxylation is 1. The average molecular weight is 378 g/mol. The van der Waals surface area contributed by atoms with Gasteiger partial charge in [0.2, 0.25) is 0 Å². The van der Waals surface area contributed by atoms with Gasteiger partial charge >= 0.3 is 0 Å². The molecular formula is C23H26N2O3. The van der Waals surface area contributed by atoms with Gasteiger partial charge in [-0.3, -0.25) is 9.59 Å². The zero-order valence-electron chi connectivity index (χ0n) is 16.4. The van der Waals surface area contributed by atoms with Crippen LogP contribution in [0.1, 0.15) is 42.9 Å². The Labute approximate surface area is 165 Å². The van der Waals surface area contributed by atoms with Gasteiger partial charge in [-0.25, -0.2) is 0 Å². The number of hydrogen-bond acceptors (Lipinski definition) is 3. The Hall–Kier alpha value is -3.08. The van der Waals surface area contributed by atoms with Crippen molar-refractivity contribution in [2.45, 2.75) is 32.6 Å². The Morgan fingerprint density at radius 2 is 1.93 bits per heavy atom. The van der Waals surface area contributed by atoms with Gasteiger partial charge in [0, 0.05) is 18.3 Å². The second-order valence-corrected chi connectivity index (χ2v) is 7.29. The van der Waals surface area contributed by atoms with E-state index in [1.807, 2.05) is 17.0 Å². The highest BCUT2D eigenvalue weighted by Crippen LogP contribution is 2.30. The molecule has 0 spiro atoms. The zero-order chi connectivity index (χ0) is 20.1. The molecule has 1 aliphatic heterocycles. The highest BCUT2D eigenvalue weighted by Gasteiger charge is 2.21. The number of carbonyl (C=O) groups excluding carboxylic acids is 2. The monoisotopic (exact) mass is 378 g/mol. The fourth-order valence-corrected chi connectivity index (χ4v) is 3.29. The average Bonchev–Trinajstić information content (AvgIpc) is 2.70. The molecule has 1 heterocycles. The second-order valence-electron chi connectivity index (χ2n) is 7.29. The molecule has 0 atom stereocenters. The summed E-state index contributed by atoms with van der Waals surface area (Å²) in [6.07, 6.45) is 5.37. The second kappa shape index (κ2) is 8.74. The third-order valence-corrected chi connectivity index (χ3v) is 4.83. The van der Waals surface area contributed by atoms with E-state index in [2.05, 4.69) is 32.0 Å². The number of carbonyl (C=O) groups is 2. The van der Waals surface area contributed by atoms with Crippen molar-refractivity contribution in [3.63, 3.8) is 0 Å². The van der Waals surface area contributed by atoms with Crippen molar-refractivity contribution in [2.75, 3.05) is 18.1 Å². The van der Waals surface area contributed by atoms with Gasteiger partial charge in [0.15, 0.2) is 6.61 Å². The quantitative estimate of drug-likeness (QED) is 0.780. The fraction of sp³-hybridized carbons (Fsp3) is 0.304. The van der Waals surface area contributed by atoms with E-state index in [4.69, 9.17) is 10.5 Å². The van der Waals surface area contributed by atoms with E-state index in [0.717, 1.165) is 30.6 Å². The van der Waals surface area contributed by atoms with Crippen LogP contribution in [-0.2, 0) is 16.0 Å². The Kier molecular flexibility index (Phi) is 6.14. The first-order chi connectivity index (χ1) is 13.4. The van der Waals surface area contributed by atoms with Crippen LogP contribution >= 0.6 is 0 Å². The van der Waals surface area contributed by atoms with Crippen LogP contribution < -0.4 is 15.4 Å². The maximum Gasteiger partial charge on any atom is 0.255 e. The van der Waals surface area contributed by atoms with Crippen LogP contribution in [-0.4, -0.2) is 25.0 Å². The largest absolute Gasteiger partial charge is 0.484 e. The normalized spacial score (nSPS) is 13.6. The van der Waals surface area contributed by atoms with E-state index in [1.165, 1.54) is 11.1 Å². The SMILES string of the molecule is CC(C)c1ccc2c(c1)CCCN2C(=O)/C=C/c1ccc(OCC(N)=O)cc1. The third kappa shape index (κ3) is 4.80. The molecule has 2 N–H and O–H groups in total. The van der Waals surface area contributed by atoms with Gasteiger partial charge in [0.25, 0.3) is 11.8 Å². The number of primary amides is 1. The van der Waals surface area contributed by atoms with E-state index < -0.39 is 5.91 Å². The van der Waals surface area contributed by atoms with E-state index in [1.54, 1.807) is 24.3 Å². The predicted molar refractivity (Wildman–Crippen MR) is 111 cm³/mol. The maximum absolute atomic E-state index is 12.8. The molecule has 0 saturated carbocycles. The van der Waals surface area contributed by atoms with Gasteiger partial charge in [-0.15, -0.1) is 0 Å². The summed E-state index contributed by atoms with van der Waals surface area (Å²) < 4.78 is 5.23. The number of anilines is 1. The van der Waals surface area contributed by atoms with Gasteiger partial charge in [0.1, 0.15) is 5.75 Å². The lowest BCUT2D eigenvalue weighted by atomic mass is 9.94. The first-order valence-electron chi connectivity index (χ1n) is 9.57. The molecular weight excluding hydrogens is 352 g/mol. The lowest BCUT2D eigenvalue weighted by molar-refractivity contribution is -0.120. The predicted octanol–water partition coefficient (Wildman–Crippen LogP) is 3.67. The van der Waals surface area contributed by atoms with E-state index in [-0.39, 0.29) is 12.5 Å². The summed E-state index contributed by atoms with van der Waals surface area (Å²) in [6, 6.07) is 13.6. The first kappa shape index (κ1) is 19.7. The third-order valence-electron chi connectivity index (χ3n) is 4.83. The highest BCUT2D eigenvalue weighted by molar-refractivity contribution is 6.04. The van der Waals surface area contributed by atoms with Crippen molar-refractivity contribution < 1.29 is 14.3 Å². The molecule has 0 aromatic heterocycles. The van der Waals surface area contributed by atoms with E-state index >= 15 is 0 Å². The van der Waals surface area contributed by atoms with Gasteiger partial charge in [-0.05, 0) is 59.7 Å². The number of fused-ring (bicyclic) bond motifs is 1. The molecule has 0 unspecified atom stereocenters. The lowest BCUT2D eigenvalue weighted by Gasteiger charge is -2.29. The van der Waals surface area contributed by atoms with Crippen molar-refractivity contribution in [2.24, 2.45) is 5.73 Å². The van der Waals surface area contributed by atoms with Crippen molar-refractivity contribution in [3.05, 3.63) is 65.2 Å². The summed E-state index contributed by atoms with van der Waals surface area (Å²) >= 11 is 0. The van der Waals surface area contributed by atoms with Crippen molar-refractivity contribution >= 4 is 23.6 Å². The number of rotatable bonds is 6. The van der Waals surface area contributed by atoms with Gasteiger partial charge in [-0.1, -0.05) is 38.1 Å². The number of hydrogen-bond donors (Lipinski definition) is 1. The van der Waals surface area contributed by atoms with Gasteiger partial charge in [0.05, 0.1) is 0 Å². The number of nitrogens with two attached hydrogens (primary N) is 1. The minimum absolute atomic E-state index is 0.0210. The minimum atomic E-state index is -0.517. The Morgan fingerprint density at radius 1 is 1.18 bits per heavy atom. The molecule has 0 bridgehead atoms. The minimum Gasteiger partial charge on any atom is -0.484 e. The molecule has 2 aromatic rings. The summed E-state index contributed by atoms with van der Waals surface area (Å²) in [5.74, 6) is 0.503. The molecule has 5 nitrogen and oxygen atoms in total. The molecule has 1 aliphatic rings. The summed E-state index contributed by atoms with van der Waals surface area (Å²) in [7, 11) is 0. The van der Waals surface area contributed by atoms with Gasteiger partial charge in [-0.2, -0.15) is 0 Å². The first-order valence-corrected chi connectivity index (χ1v) is 9.57. The van der Waals surface area contributed by atoms with E-state index in [9.17, 15) is 9.59 Å². The smallest absolute Gasteiger partial charge is 0.255 e. The number of benzene rings is 2. The van der Waals surface area contributed by atoms with Crippen LogP contribution in [0.15, 0.2) is 48.5 Å². The summed E-state index contributed by atoms with van der Waals surface area (Å²) in [5, 5.41) is 0. The van der Waals surface area contributed by atoms with Crippen molar-refractivity contribution in [3.8, 4) is 5.75 Å². The molecule has 146 valence electrons. The molecule has 0 radical (unpaired) electrons. The summed E-state index contributed by atoms with van der Waals surface area (Å²) in [4.78, 5) is 25.4. The van der Waals surface area contributed by atoms with Crippen molar-refractivity contribution in [1.82, 2.24) is 0 Å². The molecule has 3 rings (SSSR count).